The van der Waals surface area contributed by atoms with Crippen LogP contribution >= 0.6 is 0 Å². The van der Waals surface area contributed by atoms with Crippen LogP contribution in [0.2, 0.25) is 0 Å². The van der Waals surface area contributed by atoms with Gasteiger partial charge in [0.1, 0.15) is 6.10 Å². The van der Waals surface area contributed by atoms with E-state index in [1.807, 2.05) is 38.1 Å². The van der Waals surface area contributed by atoms with Gasteiger partial charge in [-0.15, -0.1) is 0 Å². The van der Waals surface area contributed by atoms with Crippen molar-refractivity contribution in [3.05, 3.63) is 65.2 Å². The van der Waals surface area contributed by atoms with Crippen LogP contribution in [0.3, 0.4) is 0 Å². The Morgan fingerprint density at radius 1 is 0.850 bits per heavy atom. The van der Waals surface area contributed by atoms with Gasteiger partial charge in [0.25, 0.3) is 0 Å². The van der Waals surface area contributed by atoms with Crippen molar-refractivity contribution in [2.24, 2.45) is 0 Å². The molecule has 0 N–H and O–H groups in total. The van der Waals surface area contributed by atoms with Crippen molar-refractivity contribution < 1.29 is 13.2 Å². The summed E-state index contributed by atoms with van der Waals surface area (Å²) < 4.78 is 30.3. The molecule has 3 nitrogen and oxygen atoms in total. The van der Waals surface area contributed by atoms with E-state index >= 15 is 0 Å². The topological polar surface area (TPSA) is 46.7 Å². The Balaban J connectivity index is 1.84. The highest BCUT2D eigenvalue weighted by atomic mass is 32.2. The predicted octanol–water partition coefficient (Wildman–Crippen LogP) is 3.17. The fourth-order valence-corrected chi connectivity index (χ4v) is 3.72. The smallest absolute Gasteiger partial charge is 0.208 e. The molecule has 0 unspecified atom stereocenters. The van der Waals surface area contributed by atoms with Crippen LogP contribution in [0.4, 0.5) is 0 Å². The van der Waals surface area contributed by atoms with Crippen molar-refractivity contribution in [1.82, 2.24) is 0 Å². The minimum absolute atomic E-state index is 0.322. The largest absolute Gasteiger partial charge is 0.347 e. The maximum Gasteiger partial charge on any atom is 0.208 e. The first-order valence-corrected chi connectivity index (χ1v) is 8.06. The van der Waals surface area contributed by atoms with Crippen LogP contribution < -0.4 is 0 Å². The fourth-order valence-electron chi connectivity index (χ4n) is 2.19. The quantitative estimate of drug-likeness (QED) is 0.815. The van der Waals surface area contributed by atoms with Gasteiger partial charge >= 0.3 is 0 Å². The highest BCUT2D eigenvalue weighted by Gasteiger charge is 2.50. The standard InChI is InChI=1S/C16H16O3S/c1-11-3-7-13(8-4-11)15-16(19-15)20(17,18)14-9-5-12(2)6-10-14/h3-10,15-16H,1-2H3/t15-,16-/m0/s1. The average Bonchev–Trinajstić information content (AvgIpc) is 3.21. The molecule has 4 heteroatoms. The molecule has 3 rings (SSSR count). The Morgan fingerprint density at radius 2 is 1.35 bits per heavy atom. The van der Waals surface area contributed by atoms with Crippen molar-refractivity contribution in [3.63, 3.8) is 0 Å². The van der Waals surface area contributed by atoms with Crippen molar-refractivity contribution in [1.29, 1.82) is 0 Å². The zero-order valence-electron chi connectivity index (χ0n) is 11.4. The summed E-state index contributed by atoms with van der Waals surface area (Å²) in [7, 11) is -3.41. The van der Waals surface area contributed by atoms with Gasteiger partial charge in [-0.1, -0.05) is 47.5 Å². The second kappa shape index (κ2) is 4.72. The predicted molar refractivity (Wildman–Crippen MR) is 77.2 cm³/mol. The van der Waals surface area contributed by atoms with Gasteiger partial charge in [0.05, 0.1) is 4.90 Å². The molecule has 0 aromatic heterocycles. The molecule has 104 valence electrons. The lowest BCUT2D eigenvalue weighted by molar-refractivity contribution is 0.399. The van der Waals surface area contributed by atoms with Crippen molar-refractivity contribution >= 4 is 9.84 Å². The summed E-state index contributed by atoms with van der Waals surface area (Å²) in [6.07, 6.45) is -0.345. The summed E-state index contributed by atoms with van der Waals surface area (Å²) in [5, 5.41) is 0. The molecule has 0 bridgehead atoms. The van der Waals surface area contributed by atoms with E-state index in [-0.39, 0.29) is 6.10 Å². The number of hydrogen-bond acceptors (Lipinski definition) is 3. The zero-order valence-corrected chi connectivity index (χ0v) is 12.2. The normalized spacial score (nSPS) is 21.7. The number of rotatable bonds is 3. The molecule has 0 aliphatic carbocycles. The third-order valence-electron chi connectivity index (χ3n) is 3.51. The van der Waals surface area contributed by atoms with E-state index in [0.29, 0.717) is 4.90 Å². The lowest BCUT2D eigenvalue weighted by atomic mass is 10.1. The zero-order chi connectivity index (χ0) is 14.3. The first-order chi connectivity index (χ1) is 9.48. The molecule has 0 saturated carbocycles. The average molecular weight is 288 g/mol. The SMILES string of the molecule is Cc1ccc([C@@H]2O[C@H]2S(=O)(=O)c2ccc(C)cc2)cc1. The summed E-state index contributed by atoms with van der Waals surface area (Å²) in [5.41, 5.74) is 2.34. The van der Waals surface area contributed by atoms with Crippen molar-refractivity contribution in [2.45, 2.75) is 30.3 Å². The van der Waals surface area contributed by atoms with E-state index in [9.17, 15) is 8.42 Å². The third kappa shape index (κ3) is 2.37. The molecule has 2 aromatic rings. The molecule has 1 aliphatic rings. The van der Waals surface area contributed by atoms with Crippen LogP contribution in [0.25, 0.3) is 0 Å². The highest BCUT2D eigenvalue weighted by molar-refractivity contribution is 7.92. The molecule has 1 heterocycles. The van der Waals surface area contributed by atoms with E-state index in [1.54, 1.807) is 24.3 Å². The molecule has 1 fully saturated rings. The van der Waals surface area contributed by atoms with Crippen LogP contribution in [0, 0.1) is 13.8 Å². The van der Waals surface area contributed by atoms with E-state index in [0.717, 1.165) is 16.7 Å². The van der Waals surface area contributed by atoms with Gasteiger partial charge in [-0.3, -0.25) is 0 Å². The highest BCUT2D eigenvalue weighted by Crippen LogP contribution is 2.44. The van der Waals surface area contributed by atoms with E-state index in [1.165, 1.54) is 0 Å². The molecule has 1 aliphatic heterocycles. The molecule has 0 radical (unpaired) electrons. The Bertz CT molecular complexity index is 715. The van der Waals surface area contributed by atoms with Gasteiger partial charge in [-0.05, 0) is 31.5 Å². The van der Waals surface area contributed by atoms with Gasteiger partial charge in [0, 0.05) is 0 Å². The van der Waals surface area contributed by atoms with Crippen molar-refractivity contribution in [3.8, 4) is 0 Å². The van der Waals surface area contributed by atoms with Crippen LogP contribution in [-0.4, -0.2) is 13.9 Å². The van der Waals surface area contributed by atoms with Crippen LogP contribution in [0.5, 0.6) is 0 Å². The minimum Gasteiger partial charge on any atom is -0.347 e. The Morgan fingerprint density at radius 3 is 1.90 bits per heavy atom. The summed E-state index contributed by atoms with van der Waals surface area (Å²) in [5.74, 6) is 0. The summed E-state index contributed by atoms with van der Waals surface area (Å²) in [6, 6.07) is 14.7. The van der Waals surface area contributed by atoms with Gasteiger partial charge in [0.2, 0.25) is 9.84 Å². The van der Waals surface area contributed by atoms with Gasteiger partial charge in [-0.25, -0.2) is 8.42 Å². The fraction of sp³-hybridized carbons (Fsp3) is 0.250. The number of sulfone groups is 1. The Kier molecular flexibility index (Phi) is 3.15. The molecule has 2 aromatic carbocycles. The molecule has 0 spiro atoms. The second-order valence-electron chi connectivity index (χ2n) is 5.19. The lowest BCUT2D eigenvalue weighted by Crippen LogP contribution is -2.09. The molecular formula is C16H16O3S. The van der Waals surface area contributed by atoms with E-state index in [4.69, 9.17) is 4.74 Å². The second-order valence-corrected chi connectivity index (χ2v) is 7.22. The number of aryl methyl sites for hydroxylation is 2. The first-order valence-electron chi connectivity index (χ1n) is 6.51. The first kappa shape index (κ1) is 13.3. The van der Waals surface area contributed by atoms with Crippen LogP contribution in [0.1, 0.15) is 22.8 Å². The van der Waals surface area contributed by atoms with Gasteiger partial charge in [-0.2, -0.15) is 0 Å². The molecule has 0 amide bonds. The van der Waals surface area contributed by atoms with Crippen LogP contribution in [-0.2, 0) is 14.6 Å². The molecular weight excluding hydrogens is 272 g/mol. The maximum absolute atomic E-state index is 12.4. The summed E-state index contributed by atoms with van der Waals surface area (Å²) in [6.45, 7) is 3.93. The third-order valence-corrected chi connectivity index (χ3v) is 5.41. The molecule has 20 heavy (non-hydrogen) atoms. The maximum atomic E-state index is 12.4. The number of ether oxygens (including phenoxy) is 1. The van der Waals surface area contributed by atoms with Crippen molar-refractivity contribution in [2.75, 3.05) is 0 Å². The molecule has 1 saturated heterocycles. The van der Waals surface area contributed by atoms with E-state index in [2.05, 4.69) is 0 Å². The van der Waals surface area contributed by atoms with Gasteiger partial charge < -0.3 is 4.74 Å². The lowest BCUT2D eigenvalue weighted by Gasteiger charge is -2.02. The summed E-state index contributed by atoms with van der Waals surface area (Å²) >= 11 is 0. The number of epoxide rings is 1. The Hall–Kier alpha value is -1.65. The minimum atomic E-state index is -3.41. The number of hydrogen-bond donors (Lipinski definition) is 0. The van der Waals surface area contributed by atoms with Gasteiger partial charge in [0.15, 0.2) is 5.44 Å². The number of benzene rings is 2. The monoisotopic (exact) mass is 288 g/mol. The van der Waals surface area contributed by atoms with E-state index < -0.39 is 15.3 Å². The van der Waals surface area contributed by atoms with Crippen LogP contribution in [0.15, 0.2) is 53.4 Å². The molecule has 2 atom stereocenters. The Labute approximate surface area is 119 Å². The summed E-state index contributed by atoms with van der Waals surface area (Å²) in [4.78, 5) is 0.322.